The highest BCUT2D eigenvalue weighted by molar-refractivity contribution is 7.09. The number of benzene rings is 2. The van der Waals surface area contributed by atoms with E-state index < -0.39 is 0 Å². The average molecular weight is 450 g/mol. The summed E-state index contributed by atoms with van der Waals surface area (Å²) in [5, 5.41) is 6.57. The molecular formula is C24H20ClN3O2S. The van der Waals surface area contributed by atoms with Crippen molar-refractivity contribution < 1.29 is 9.53 Å². The van der Waals surface area contributed by atoms with Crippen LogP contribution in [-0.4, -0.2) is 22.4 Å². The van der Waals surface area contributed by atoms with Crippen molar-refractivity contribution in [1.82, 2.24) is 15.3 Å². The van der Waals surface area contributed by atoms with E-state index in [1.165, 1.54) is 0 Å². The first kappa shape index (κ1) is 21.0. The van der Waals surface area contributed by atoms with Gasteiger partial charge in [0.15, 0.2) is 0 Å². The average Bonchev–Trinajstić information content (AvgIpc) is 3.28. The Hall–Kier alpha value is -3.22. The third kappa shape index (κ3) is 5.69. The fraction of sp³-hybridized carbons (Fsp3) is 0.125. The van der Waals surface area contributed by atoms with E-state index in [-0.39, 0.29) is 5.91 Å². The minimum absolute atomic E-state index is 0.173. The molecule has 7 heteroatoms. The summed E-state index contributed by atoms with van der Waals surface area (Å²) in [6.07, 6.45) is 2.40. The number of para-hydroxylation sites is 1. The number of halogens is 1. The smallest absolute Gasteiger partial charge is 0.255 e. The van der Waals surface area contributed by atoms with Crippen molar-refractivity contribution in [3.63, 3.8) is 0 Å². The molecule has 0 fully saturated rings. The van der Waals surface area contributed by atoms with Crippen LogP contribution in [0.3, 0.4) is 0 Å². The molecule has 5 nitrogen and oxygen atoms in total. The zero-order valence-corrected chi connectivity index (χ0v) is 18.2. The van der Waals surface area contributed by atoms with E-state index in [0.29, 0.717) is 35.9 Å². The number of hydrogen-bond donors (Lipinski definition) is 1. The fourth-order valence-corrected chi connectivity index (χ4v) is 3.88. The Balaban J connectivity index is 1.33. The molecule has 0 unspecified atom stereocenters. The Morgan fingerprint density at radius 2 is 1.81 bits per heavy atom. The highest BCUT2D eigenvalue weighted by atomic mass is 35.5. The van der Waals surface area contributed by atoms with Gasteiger partial charge in [-0.2, -0.15) is 0 Å². The number of aromatic nitrogens is 2. The summed E-state index contributed by atoms with van der Waals surface area (Å²) in [4.78, 5) is 21.6. The van der Waals surface area contributed by atoms with Gasteiger partial charge >= 0.3 is 0 Å². The molecule has 2 aromatic heterocycles. The summed E-state index contributed by atoms with van der Waals surface area (Å²) >= 11 is 7.49. The molecule has 0 aliphatic rings. The Morgan fingerprint density at radius 1 is 1.00 bits per heavy atom. The van der Waals surface area contributed by atoms with Crippen molar-refractivity contribution in [1.29, 1.82) is 0 Å². The predicted molar refractivity (Wildman–Crippen MR) is 124 cm³/mol. The third-order valence-corrected chi connectivity index (χ3v) is 5.70. The number of amides is 1. The Morgan fingerprint density at radius 3 is 2.61 bits per heavy atom. The highest BCUT2D eigenvalue weighted by Crippen LogP contribution is 2.21. The van der Waals surface area contributed by atoms with Crippen molar-refractivity contribution in [2.45, 2.75) is 13.0 Å². The number of pyridine rings is 1. The van der Waals surface area contributed by atoms with E-state index in [0.717, 1.165) is 22.0 Å². The lowest BCUT2D eigenvalue weighted by molar-refractivity contribution is 0.0949. The second-order valence-corrected chi connectivity index (χ2v) is 8.14. The van der Waals surface area contributed by atoms with E-state index in [9.17, 15) is 4.79 Å². The van der Waals surface area contributed by atoms with E-state index in [1.54, 1.807) is 29.7 Å². The summed E-state index contributed by atoms with van der Waals surface area (Å²) in [5.41, 5.74) is 3.19. The van der Waals surface area contributed by atoms with Crippen molar-refractivity contribution in [3.8, 4) is 17.1 Å². The van der Waals surface area contributed by atoms with Crippen molar-refractivity contribution in [2.75, 3.05) is 6.54 Å². The van der Waals surface area contributed by atoms with Gasteiger partial charge in [-0.3, -0.25) is 9.78 Å². The molecular weight excluding hydrogens is 430 g/mol. The molecule has 0 aliphatic carbocycles. The predicted octanol–water partition coefficient (Wildman–Crippen LogP) is 5.41. The molecule has 1 amide bonds. The lowest BCUT2D eigenvalue weighted by Gasteiger charge is -2.11. The lowest BCUT2D eigenvalue weighted by atomic mass is 10.2. The van der Waals surface area contributed by atoms with Crippen LogP contribution in [0.25, 0.3) is 11.4 Å². The molecule has 1 N–H and O–H groups in total. The number of hydrogen-bond acceptors (Lipinski definition) is 5. The number of carbonyl (C=O) groups excluding carboxylic acids is 1. The van der Waals surface area contributed by atoms with Crippen LogP contribution in [-0.2, 0) is 13.0 Å². The molecule has 2 aromatic carbocycles. The number of thiazole rings is 1. The van der Waals surface area contributed by atoms with Gasteiger partial charge in [-0.25, -0.2) is 4.98 Å². The molecule has 31 heavy (non-hydrogen) atoms. The third-order valence-electron chi connectivity index (χ3n) is 4.54. The number of carbonyl (C=O) groups is 1. The van der Waals surface area contributed by atoms with Gasteiger partial charge in [-0.05, 0) is 42.0 Å². The maximum atomic E-state index is 12.7. The van der Waals surface area contributed by atoms with Crippen LogP contribution in [0.1, 0.15) is 20.9 Å². The number of ether oxygens (including phenoxy) is 1. The Kier molecular flexibility index (Phi) is 6.92. The van der Waals surface area contributed by atoms with Gasteiger partial charge in [0.05, 0.1) is 22.0 Å². The minimum Gasteiger partial charge on any atom is -0.488 e. The first-order chi connectivity index (χ1) is 15.2. The van der Waals surface area contributed by atoms with Gasteiger partial charge in [0.1, 0.15) is 12.4 Å². The fourth-order valence-electron chi connectivity index (χ4n) is 2.96. The van der Waals surface area contributed by atoms with E-state index >= 15 is 0 Å². The first-order valence-electron chi connectivity index (χ1n) is 9.79. The van der Waals surface area contributed by atoms with Crippen LogP contribution in [0.2, 0.25) is 5.02 Å². The van der Waals surface area contributed by atoms with Gasteiger partial charge in [0.25, 0.3) is 5.91 Å². The van der Waals surface area contributed by atoms with Gasteiger partial charge < -0.3 is 10.1 Å². The van der Waals surface area contributed by atoms with Crippen molar-refractivity contribution >= 4 is 28.8 Å². The van der Waals surface area contributed by atoms with E-state index in [2.05, 4.69) is 15.3 Å². The summed E-state index contributed by atoms with van der Waals surface area (Å²) in [6.45, 7) is 0.844. The van der Waals surface area contributed by atoms with Crippen LogP contribution in [0.15, 0.2) is 78.3 Å². The van der Waals surface area contributed by atoms with Crippen LogP contribution in [0.4, 0.5) is 0 Å². The normalized spacial score (nSPS) is 10.6. The quantitative estimate of drug-likeness (QED) is 0.390. The summed E-state index contributed by atoms with van der Waals surface area (Å²) in [7, 11) is 0. The van der Waals surface area contributed by atoms with Crippen LogP contribution < -0.4 is 10.1 Å². The molecule has 4 rings (SSSR count). The summed E-state index contributed by atoms with van der Waals surface area (Å²) < 4.78 is 5.88. The number of nitrogens with one attached hydrogen (secondary N) is 1. The molecule has 0 bridgehead atoms. The van der Waals surface area contributed by atoms with Gasteiger partial charge in [-0.15, -0.1) is 11.3 Å². The second-order valence-electron chi connectivity index (χ2n) is 6.76. The van der Waals surface area contributed by atoms with Crippen LogP contribution in [0.5, 0.6) is 5.75 Å². The molecule has 2 heterocycles. The molecule has 0 aliphatic heterocycles. The molecule has 0 saturated carbocycles. The lowest BCUT2D eigenvalue weighted by Crippen LogP contribution is -2.26. The van der Waals surface area contributed by atoms with E-state index in [1.807, 2.05) is 60.0 Å². The Labute approximate surface area is 189 Å². The van der Waals surface area contributed by atoms with Crippen molar-refractivity contribution in [2.24, 2.45) is 0 Å². The van der Waals surface area contributed by atoms with Crippen molar-refractivity contribution in [3.05, 3.63) is 99.5 Å². The van der Waals surface area contributed by atoms with Crippen LogP contribution in [0, 0.1) is 0 Å². The monoisotopic (exact) mass is 449 g/mol. The minimum atomic E-state index is -0.173. The SMILES string of the molecule is O=C(NCCc1nc(-c2ccccn2)cs1)c1ccccc1OCc1ccc(Cl)cc1. The summed E-state index contributed by atoms with van der Waals surface area (Å²) in [6, 6.07) is 20.4. The number of rotatable bonds is 8. The molecule has 0 saturated heterocycles. The first-order valence-corrected chi connectivity index (χ1v) is 11.0. The standard InChI is InChI=1S/C24H20ClN3O2S/c25-18-10-8-17(9-11-18)15-30-22-7-2-1-5-19(22)24(29)27-14-12-23-28-21(16-31-23)20-6-3-4-13-26-20/h1-11,13,16H,12,14-15H2,(H,27,29). The van der Waals surface area contributed by atoms with Gasteiger partial charge in [-0.1, -0.05) is 41.9 Å². The molecule has 156 valence electrons. The second kappa shape index (κ2) is 10.2. The maximum Gasteiger partial charge on any atom is 0.255 e. The summed E-state index contributed by atoms with van der Waals surface area (Å²) in [5.74, 6) is 0.370. The zero-order valence-electron chi connectivity index (χ0n) is 16.6. The zero-order chi connectivity index (χ0) is 21.5. The highest BCUT2D eigenvalue weighted by Gasteiger charge is 2.12. The Bertz CT molecular complexity index is 1150. The van der Waals surface area contributed by atoms with Gasteiger partial charge in [0, 0.05) is 29.6 Å². The van der Waals surface area contributed by atoms with E-state index in [4.69, 9.17) is 16.3 Å². The topological polar surface area (TPSA) is 64.1 Å². The number of nitrogens with zero attached hydrogens (tertiary/aromatic N) is 2. The largest absolute Gasteiger partial charge is 0.488 e. The van der Waals surface area contributed by atoms with Crippen LogP contribution >= 0.6 is 22.9 Å². The molecule has 0 atom stereocenters. The molecule has 0 spiro atoms. The van der Waals surface area contributed by atoms with Gasteiger partial charge in [0.2, 0.25) is 0 Å². The molecule has 4 aromatic rings. The maximum absolute atomic E-state index is 12.7. The molecule has 0 radical (unpaired) electrons.